The molecule has 5 nitrogen and oxygen atoms in total. The molecule has 0 spiro atoms. The third-order valence-electron chi connectivity index (χ3n) is 3.63. The summed E-state index contributed by atoms with van der Waals surface area (Å²) in [5.74, 6) is -0.966. The van der Waals surface area contributed by atoms with Crippen LogP contribution in [0.25, 0.3) is 10.2 Å². The van der Waals surface area contributed by atoms with E-state index in [9.17, 15) is 14.7 Å². The van der Waals surface area contributed by atoms with Gasteiger partial charge in [-0.2, -0.15) is 0 Å². The van der Waals surface area contributed by atoms with Crippen LogP contribution in [0.15, 0.2) is 34.4 Å². The first-order chi connectivity index (χ1) is 10.9. The molecule has 0 atom stereocenters. The van der Waals surface area contributed by atoms with Gasteiger partial charge in [-0.25, -0.2) is 0 Å². The molecule has 118 valence electrons. The van der Waals surface area contributed by atoms with Crippen LogP contribution in [0.4, 0.5) is 5.69 Å². The van der Waals surface area contributed by atoms with Crippen LogP contribution in [-0.4, -0.2) is 15.6 Å². The molecule has 0 aliphatic rings. The Morgan fingerprint density at radius 1 is 1.35 bits per heavy atom. The molecule has 7 heteroatoms. The Balaban J connectivity index is 2.07. The summed E-state index contributed by atoms with van der Waals surface area (Å²) in [5.41, 5.74) is 1.09. The molecule has 2 aromatic heterocycles. The summed E-state index contributed by atoms with van der Waals surface area (Å²) in [7, 11) is 1.57. The minimum Gasteiger partial charge on any atom is -0.505 e. The number of thiophene rings is 1. The Hall–Kier alpha value is -2.31. The van der Waals surface area contributed by atoms with Crippen molar-refractivity contribution < 1.29 is 9.90 Å². The van der Waals surface area contributed by atoms with Crippen molar-refractivity contribution in [2.75, 3.05) is 5.32 Å². The number of aromatic hydroxyl groups is 1. The third kappa shape index (κ3) is 2.60. The van der Waals surface area contributed by atoms with Crippen LogP contribution in [0.5, 0.6) is 5.75 Å². The van der Waals surface area contributed by atoms with E-state index < -0.39 is 11.5 Å². The number of nitrogens with zero attached hydrogens (tertiary/aromatic N) is 1. The number of carbonyl (C=O) groups is 1. The van der Waals surface area contributed by atoms with Crippen molar-refractivity contribution in [3.63, 3.8) is 0 Å². The number of aromatic nitrogens is 1. The molecule has 1 amide bonds. The first-order valence-corrected chi connectivity index (χ1v) is 8.02. The van der Waals surface area contributed by atoms with Crippen molar-refractivity contribution in [2.24, 2.45) is 7.05 Å². The van der Waals surface area contributed by atoms with Crippen LogP contribution < -0.4 is 10.9 Å². The first kappa shape index (κ1) is 15.6. The number of halogens is 1. The van der Waals surface area contributed by atoms with Gasteiger partial charge in [-0.1, -0.05) is 17.7 Å². The molecule has 23 heavy (non-hydrogen) atoms. The number of nitrogens with one attached hydrogen (secondary N) is 1. The van der Waals surface area contributed by atoms with Gasteiger partial charge in [0.15, 0.2) is 5.75 Å². The number of anilines is 1. The molecule has 0 bridgehead atoms. The standard InChI is InChI=1S/C16H13ClN2O3S/c1-8-3-4-9(7-10(8)17)18-15(21)12-13(20)14-11(5-6-23-14)19(2)16(12)22/h3-7,20H,1-2H3,(H,18,21). The molecule has 2 heterocycles. The maximum absolute atomic E-state index is 12.4. The Morgan fingerprint density at radius 3 is 2.78 bits per heavy atom. The van der Waals surface area contributed by atoms with Crippen molar-refractivity contribution in [3.8, 4) is 5.75 Å². The lowest BCUT2D eigenvalue weighted by molar-refractivity contribution is 0.102. The van der Waals surface area contributed by atoms with E-state index in [-0.39, 0.29) is 11.3 Å². The Morgan fingerprint density at radius 2 is 2.09 bits per heavy atom. The maximum Gasteiger partial charge on any atom is 0.267 e. The van der Waals surface area contributed by atoms with E-state index >= 15 is 0 Å². The second kappa shape index (κ2) is 5.72. The van der Waals surface area contributed by atoms with Crippen molar-refractivity contribution in [3.05, 3.63) is 56.1 Å². The topological polar surface area (TPSA) is 71.3 Å². The van der Waals surface area contributed by atoms with E-state index in [0.717, 1.165) is 5.56 Å². The van der Waals surface area contributed by atoms with Crippen molar-refractivity contribution in [1.82, 2.24) is 4.57 Å². The Kier molecular flexibility index (Phi) is 3.87. The number of aryl methyl sites for hydroxylation is 2. The van der Waals surface area contributed by atoms with Gasteiger partial charge >= 0.3 is 0 Å². The number of pyridine rings is 1. The summed E-state index contributed by atoms with van der Waals surface area (Å²) < 4.78 is 1.85. The second-order valence-electron chi connectivity index (χ2n) is 5.14. The van der Waals surface area contributed by atoms with Gasteiger partial charge in [0.25, 0.3) is 11.5 Å². The molecule has 0 fully saturated rings. The molecular weight excluding hydrogens is 336 g/mol. The number of benzene rings is 1. The SMILES string of the molecule is Cc1ccc(NC(=O)c2c(O)c3sccc3n(C)c2=O)cc1Cl. The first-order valence-electron chi connectivity index (χ1n) is 6.77. The summed E-state index contributed by atoms with van der Waals surface area (Å²) in [6, 6.07) is 6.77. The highest BCUT2D eigenvalue weighted by Gasteiger charge is 2.22. The Labute approximate surface area is 140 Å². The van der Waals surface area contributed by atoms with Crippen LogP contribution >= 0.6 is 22.9 Å². The van der Waals surface area contributed by atoms with Crippen LogP contribution in [0.3, 0.4) is 0 Å². The van der Waals surface area contributed by atoms with Crippen LogP contribution in [0, 0.1) is 6.92 Å². The van der Waals surface area contributed by atoms with Crippen LogP contribution in [-0.2, 0) is 7.05 Å². The fraction of sp³-hybridized carbons (Fsp3) is 0.125. The number of hydrogen-bond acceptors (Lipinski definition) is 4. The van der Waals surface area contributed by atoms with Gasteiger partial charge in [0.2, 0.25) is 0 Å². The largest absolute Gasteiger partial charge is 0.505 e. The van der Waals surface area contributed by atoms with Gasteiger partial charge in [-0.15, -0.1) is 11.3 Å². The second-order valence-corrected chi connectivity index (χ2v) is 6.46. The molecule has 1 aromatic carbocycles. The zero-order valence-corrected chi connectivity index (χ0v) is 14.0. The van der Waals surface area contributed by atoms with Gasteiger partial charge in [-0.3, -0.25) is 9.59 Å². The summed E-state index contributed by atoms with van der Waals surface area (Å²) >= 11 is 7.30. The van der Waals surface area contributed by atoms with Gasteiger partial charge in [0, 0.05) is 17.8 Å². The normalized spacial score (nSPS) is 10.9. The average molecular weight is 349 g/mol. The van der Waals surface area contributed by atoms with Crippen molar-refractivity contribution in [2.45, 2.75) is 6.92 Å². The van der Waals surface area contributed by atoms with Gasteiger partial charge in [0.05, 0.1) is 10.2 Å². The number of fused-ring (bicyclic) bond motifs is 1. The molecule has 3 rings (SSSR count). The molecule has 0 unspecified atom stereocenters. The lowest BCUT2D eigenvalue weighted by Gasteiger charge is -2.10. The van der Waals surface area contributed by atoms with E-state index in [1.165, 1.54) is 15.9 Å². The molecule has 0 radical (unpaired) electrons. The molecule has 0 saturated heterocycles. The minimum atomic E-state index is -0.668. The highest BCUT2D eigenvalue weighted by atomic mass is 35.5. The highest BCUT2D eigenvalue weighted by Crippen LogP contribution is 2.31. The Bertz CT molecular complexity index is 991. The maximum atomic E-state index is 12.4. The number of amides is 1. The summed E-state index contributed by atoms with van der Waals surface area (Å²) in [6.07, 6.45) is 0. The minimum absolute atomic E-state index is 0.279. The smallest absolute Gasteiger partial charge is 0.267 e. The van der Waals surface area contributed by atoms with Crippen LogP contribution in [0.1, 0.15) is 15.9 Å². The number of hydrogen-bond donors (Lipinski definition) is 2. The molecule has 0 aliphatic carbocycles. The van der Waals surface area contributed by atoms with Gasteiger partial charge in [0.1, 0.15) is 5.56 Å². The van der Waals surface area contributed by atoms with E-state index in [0.29, 0.717) is 20.9 Å². The fourth-order valence-electron chi connectivity index (χ4n) is 2.30. The molecule has 0 saturated carbocycles. The zero-order valence-electron chi connectivity index (χ0n) is 12.4. The summed E-state index contributed by atoms with van der Waals surface area (Å²) in [6.45, 7) is 1.85. The van der Waals surface area contributed by atoms with Gasteiger partial charge < -0.3 is 15.0 Å². The van der Waals surface area contributed by atoms with E-state index in [4.69, 9.17) is 11.6 Å². The van der Waals surface area contributed by atoms with Crippen LogP contribution in [0.2, 0.25) is 5.02 Å². The molecule has 3 aromatic rings. The summed E-state index contributed by atoms with van der Waals surface area (Å²) in [5, 5.41) is 15.2. The molecule has 0 aliphatic heterocycles. The van der Waals surface area contributed by atoms with E-state index in [2.05, 4.69) is 5.32 Å². The quantitative estimate of drug-likeness (QED) is 0.744. The lowest BCUT2D eigenvalue weighted by atomic mass is 10.2. The number of rotatable bonds is 2. The fourth-order valence-corrected chi connectivity index (χ4v) is 3.36. The van der Waals surface area contributed by atoms with Crippen molar-refractivity contribution >= 4 is 44.7 Å². The lowest BCUT2D eigenvalue weighted by Crippen LogP contribution is -2.27. The average Bonchev–Trinajstić information content (AvgIpc) is 2.99. The zero-order chi connectivity index (χ0) is 16.7. The van der Waals surface area contributed by atoms with E-state index in [1.54, 1.807) is 36.7 Å². The predicted molar refractivity (Wildman–Crippen MR) is 92.9 cm³/mol. The predicted octanol–water partition coefficient (Wildman–Crippen LogP) is 3.52. The summed E-state index contributed by atoms with van der Waals surface area (Å²) in [4.78, 5) is 24.8. The third-order valence-corrected chi connectivity index (χ3v) is 4.95. The number of carbonyl (C=O) groups excluding carboxylic acids is 1. The van der Waals surface area contributed by atoms with Crippen molar-refractivity contribution in [1.29, 1.82) is 0 Å². The molecular formula is C16H13ClN2O3S. The van der Waals surface area contributed by atoms with E-state index in [1.807, 2.05) is 6.92 Å². The molecule has 2 N–H and O–H groups in total. The monoisotopic (exact) mass is 348 g/mol. The van der Waals surface area contributed by atoms with Gasteiger partial charge in [-0.05, 0) is 36.1 Å². The highest BCUT2D eigenvalue weighted by molar-refractivity contribution is 7.17.